The van der Waals surface area contributed by atoms with Crippen molar-refractivity contribution in [1.82, 2.24) is 4.40 Å². The van der Waals surface area contributed by atoms with E-state index in [0.29, 0.717) is 23.7 Å². The molecule has 334 valence electrons. The summed E-state index contributed by atoms with van der Waals surface area (Å²) in [6.07, 6.45) is 13.0. The molecule has 4 fully saturated rings. The Kier molecular flexibility index (Phi) is 7.07. The van der Waals surface area contributed by atoms with Crippen molar-refractivity contribution in [3.63, 3.8) is 0 Å². The van der Waals surface area contributed by atoms with Crippen LogP contribution < -0.4 is 0 Å². The summed E-state index contributed by atoms with van der Waals surface area (Å²) in [5, 5.41) is 5.93. The fourth-order valence-electron chi connectivity index (χ4n) is 18.8. The fourth-order valence-corrected chi connectivity index (χ4v) is 18.8. The zero-order valence-corrected chi connectivity index (χ0v) is 39.4. The van der Waals surface area contributed by atoms with Crippen molar-refractivity contribution in [3.05, 3.63) is 202 Å². The van der Waals surface area contributed by atoms with E-state index in [1.165, 1.54) is 175 Å². The summed E-state index contributed by atoms with van der Waals surface area (Å²) >= 11 is 0. The van der Waals surface area contributed by atoms with Gasteiger partial charge in [0.15, 0.2) is 5.69 Å². The zero-order chi connectivity index (χ0) is 45.3. The molecule has 10 aliphatic carbocycles. The maximum Gasteiger partial charge on any atom is 0.193 e. The Hall–Kier alpha value is -6.95. The van der Waals surface area contributed by atoms with Crippen molar-refractivity contribution in [2.45, 2.75) is 93.3 Å². The van der Waals surface area contributed by atoms with Crippen molar-refractivity contribution in [2.24, 2.45) is 23.7 Å². The van der Waals surface area contributed by atoms with Gasteiger partial charge < -0.3 is 4.40 Å². The standard InChI is InChI=1S/C68H52N2/c1-69-56-35-58-64(62-44-31-38-24-39(32-44)28-42(27-38)60(56)62)65-66-51(49-19-9-12-22-55(49)68(66)53-20-10-7-17-47(53)48-18-8-11-21-54(48)68)33-52-63-57(70(58)67(52)65)34-50(46-16-6-5-15-45(46)40-13-3-2-4-14-40)59-41-25-36-23-37(26-41)30-43(29-36)61(59)63/h2-22,33-39,41-44H,23-32H2. The average Bonchev–Trinajstić information content (AvgIpc) is 4.02. The maximum atomic E-state index is 9.09. The molecule has 4 atom stereocenters. The number of aromatic nitrogens is 1. The molecule has 4 saturated carbocycles. The molecule has 2 heterocycles. The minimum Gasteiger partial charge on any atom is -0.309 e. The number of hydrogen-bond donors (Lipinski definition) is 0. The van der Waals surface area contributed by atoms with E-state index >= 15 is 0 Å². The van der Waals surface area contributed by atoms with Gasteiger partial charge >= 0.3 is 0 Å². The first-order valence-electron chi connectivity index (χ1n) is 26.9. The van der Waals surface area contributed by atoms with Crippen LogP contribution in [0.5, 0.6) is 0 Å². The molecular weight excluding hydrogens is 845 g/mol. The molecule has 70 heavy (non-hydrogen) atoms. The third kappa shape index (κ3) is 4.42. The summed E-state index contributed by atoms with van der Waals surface area (Å²) < 4.78 is 2.79. The lowest BCUT2D eigenvalue weighted by atomic mass is 9.66. The molecular formula is C68H52N2. The van der Waals surface area contributed by atoms with Gasteiger partial charge in [0.05, 0.1) is 23.0 Å². The van der Waals surface area contributed by atoms with Gasteiger partial charge in [-0.2, -0.15) is 0 Å². The fraction of sp³-hybridized carbons (Fsp3) is 0.279. The third-order valence-electron chi connectivity index (χ3n) is 20.6. The first-order chi connectivity index (χ1) is 34.6. The van der Waals surface area contributed by atoms with Crippen LogP contribution in [0.3, 0.4) is 0 Å². The lowest BCUT2D eigenvalue weighted by Gasteiger charge is -2.38. The molecule has 0 amide bonds. The molecule has 2 heteroatoms. The Balaban J connectivity index is 1.09. The number of benzene rings is 8. The van der Waals surface area contributed by atoms with Gasteiger partial charge in [-0.15, -0.1) is 0 Å². The molecule has 20 rings (SSSR count). The highest BCUT2D eigenvalue weighted by Crippen LogP contribution is 2.69. The summed E-state index contributed by atoms with van der Waals surface area (Å²) in [6, 6.07) is 56.8. The molecule has 10 aliphatic rings. The predicted molar refractivity (Wildman–Crippen MR) is 286 cm³/mol. The van der Waals surface area contributed by atoms with Crippen LogP contribution >= 0.6 is 0 Å². The van der Waals surface area contributed by atoms with Crippen LogP contribution in [0.4, 0.5) is 5.69 Å². The zero-order valence-electron chi connectivity index (χ0n) is 39.4. The van der Waals surface area contributed by atoms with Crippen molar-refractivity contribution in [1.29, 1.82) is 0 Å². The van der Waals surface area contributed by atoms with Crippen molar-refractivity contribution in [2.75, 3.05) is 0 Å². The molecule has 8 bridgehead atoms. The summed E-state index contributed by atoms with van der Waals surface area (Å²) in [6.45, 7) is 9.09. The largest absolute Gasteiger partial charge is 0.309 e. The highest BCUT2D eigenvalue weighted by Gasteiger charge is 2.54. The Bertz CT molecular complexity index is 3970. The van der Waals surface area contributed by atoms with Gasteiger partial charge in [0.2, 0.25) is 0 Å². The van der Waals surface area contributed by atoms with E-state index in [0.717, 1.165) is 29.4 Å². The Morgan fingerprint density at radius 1 is 0.400 bits per heavy atom. The Labute approximate surface area is 409 Å². The molecule has 1 spiro atoms. The van der Waals surface area contributed by atoms with Crippen molar-refractivity contribution in [3.8, 4) is 44.5 Å². The van der Waals surface area contributed by atoms with Crippen LogP contribution in [0.25, 0.3) is 87.4 Å². The first kappa shape index (κ1) is 37.9. The van der Waals surface area contributed by atoms with E-state index in [2.05, 4.69) is 155 Å². The summed E-state index contributed by atoms with van der Waals surface area (Å²) in [5.41, 5.74) is 27.6. The highest BCUT2D eigenvalue weighted by molar-refractivity contribution is 6.29. The normalized spacial score (nSPS) is 26.4. The van der Waals surface area contributed by atoms with E-state index in [4.69, 9.17) is 6.57 Å². The van der Waals surface area contributed by atoms with Crippen LogP contribution in [-0.4, -0.2) is 4.40 Å². The monoisotopic (exact) mass is 896 g/mol. The second-order valence-electron chi connectivity index (χ2n) is 23.7. The minimum absolute atomic E-state index is 0.464. The Morgan fingerprint density at radius 3 is 1.46 bits per heavy atom. The highest BCUT2D eigenvalue weighted by atomic mass is 14.9. The summed E-state index contributed by atoms with van der Waals surface area (Å²) in [4.78, 5) is 4.62. The van der Waals surface area contributed by atoms with Crippen LogP contribution in [-0.2, 0) is 5.41 Å². The lowest BCUT2D eigenvalue weighted by Crippen LogP contribution is -2.26. The van der Waals surface area contributed by atoms with Crippen molar-refractivity contribution >= 4 is 43.8 Å². The van der Waals surface area contributed by atoms with E-state index in [1.54, 1.807) is 16.7 Å². The van der Waals surface area contributed by atoms with Gasteiger partial charge in [0, 0.05) is 27.1 Å². The van der Waals surface area contributed by atoms with Crippen molar-refractivity contribution < 1.29 is 0 Å². The summed E-state index contributed by atoms with van der Waals surface area (Å²) in [5.74, 6) is 5.13. The molecule has 2 nitrogen and oxygen atoms in total. The van der Waals surface area contributed by atoms with E-state index in [9.17, 15) is 0 Å². The smallest absolute Gasteiger partial charge is 0.193 e. The molecule has 4 unspecified atom stereocenters. The third-order valence-corrected chi connectivity index (χ3v) is 20.6. The van der Waals surface area contributed by atoms with Gasteiger partial charge in [-0.25, -0.2) is 4.85 Å². The first-order valence-corrected chi connectivity index (χ1v) is 26.9. The van der Waals surface area contributed by atoms with Crippen LogP contribution in [0.2, 0.25) is 0 Å². The molecule has 0 radical (unpaired) electrons. The maximum absolute atomic E-state index is 9.09. The average molecular weight is 897 g/mol. The van der Waals surface area contributed by atoms with Crippen LogP contribution in [0.15, 0.2) is 146 Å². The minimum atomic E-state index is -0.479. The van der Waals surface area contributed by atoms with E-state index in [1.807, 2.05) is 0 Å². The lowest BCUT2D eigenvalue weighted by molar-refractivity contribution is 0.166. The van der Waals surface area contributed by atoms with E-state index in [-0.39, 0.29) is 0 Å². The molecule has 0 N–H and O–H groups in total. The quantitative estimate of drug-likeness (QED) is 0.153. The van der Waals surface area contributed by atoms with Crippen LogP contribution in [0.1, 0.15) is 132 Å². The number of nitrogens with zero attached hydrogens (tertiary/aromatic N) is 2. The van der Waals surface area contributed by atoms with Crippen LogP contribution in [0, 0.1) is 30.2 Å². The van der Waals surface area contributed by atoms with Gasteiger partial charge in [-0.3, -0.25) is 0 Å². The molecule has 10 aromatic rings. The van der Waals surface area contributed by atoms with Gasteiger partial charge in [0.25, 0.3) is 0 Å². The number of fused-ring (bicyclic) bond motifs is 17. The molecule has 0 saturated heterocycles. The SMILES string of the molecule is [C-]#[N+]c1cc2c(c3c1C1CC4CC(C1)CC3C4)c1c3c(cc4c5c6c(c(-c7ccccc7-c7ccccc7)cc5n2c41)C1CC2CC(C1)CC6C2)-c1ccccc1C31c2ccccc2-c2ccccc21. The molecule has 0 aliphatic heterocycles. The van der Waals surface area contributed by atoms with E-state index < -0.39 is 5.41 Å². The number of rotatable bonds is 2. The second kappa shape index (κ2) is 13.1. The molecule has 8 aromatic carbocycles. The van der Waals surface area contributed by atoms with Gasteiger partial charge in [0.1, 0.15) is 0 Å². The Morgan fingerprint density at radius 2 is 0.871 bits per heavy atom. The summed E-state index contributed by atoms with van der Waals surface area (Å²) in [7, 11) is 0. The van der Waals surface area contributed by atoms with Gasteiger partial charge in [-0.1, -0.05) is 127 Å². The van der Waals surface area contributed by atoms with Gasteiger partial charge in [-0.05, 0) is 219 Å². The topological polar surface area (TPSA) is 8.77 Å². The second-order valence-corrected chi connectivity index (χ2v) is 23.7. The molecule has 2 aromatic heterocycles. The number of hydrogen-bond acceptors (Lipinski definition) is 0. The predicted octanol–water partition coefficient (Wildman–Crippen LogP) is 17.8.